The lowest BCUT2D eigenvalue weighted by atomic mass is 10.2. The van der Waals surface area contributed by atoms with Gasteiger partial charge in [0.1, 0.15) is 11.7 Å². The zero-order valence-corrected chi connectivity index (χ0v) is 16.2. The number of hydrogen-bond donors (Lipinski definition) is 0. The molecule has 0 saturated heterocycles. The van der Waals surface area contributed by atoms with Crippen LogP contribution in [-0.4, -0.2) is 32.4 Å². The molecule has 0 aliphatic heterocycles. The van der Waals surface area contributed by atoms with Gasteiger partial charge in [-0.3, -0.25) is 13.9 Å². The van der Waals surface area contributed by atoms with Gasteiger partial charge in [-0.15, -0.1) is 0 Å². The Kier molecular flexibility index (Phi) is 6.68. The number of aromatic nitrogens is 4. The van der Waals surface area contributed by atoms with Crippen molar-refractivity contribution >= 4 is 11.2 Å². The molecule has 0 N–H and O–H groups in total. The molecule has 2 rings (SSSR count). The summed E-state index contributed by atoms with van der Waals surface area (Å²) in [6.07, 6.45) is 4.27. The van der Waals surface area contributed by atoms with Crippen LogP contribution in [0.5, 0.6) is 0 Å². The van der Waals surface area contributed by atoms with E-state index in [2.05, 4.69) is 11.6 Å². The number of nitrogens with zero attached hydrogens (tertiary/aromatic N) is 4. The first-order valence-electron chi connectivity index (χ1n) is 8.74. The monoisotopic (exact) mass is 376 g/mol. The first-order chi connectivity index (χ1) is 12.9. The van der Waals surface area contributed by atoms with E-state index in [1.165, 1.54) is 23.8 Å². The molecule has 2 heterocycles. The zero-order valence-electron chi connectivity index (χ0n) is 16.2. The van der Waals surface area contributed by atoms with Gasteiger partial charge in [0.2, 0.25) is 0 Å². The molecular formula is C19H25FN4O3. The standard InChI is InChI=1S/C19H25FN4O3/c1-6-9-15(20)14(7-2)12-24-13(4)21-17-16(24)18(25)22(8-3)19(26)23(17)10-11-27-5/h6-7,9H,1,8,10-12H2,2-5H3/b14-7+,15-9+. The fourth-order valence-electron chi connectivity index (χ4n) is 2.94. The van der Waals surface area contributed by atoms with Crippen LogP contribution < -0.4 is 11.2 Å². The summed E-state index contributed by atoms with van der Waals surface area (Å²) in [6.45, 7) is 9.60. The fourth-order valence-corrected chi connectivity index (χ4v) is 2.94. The molecule has 0 spiro atoms. The molecule has 7 nitrogen and oxygen atoms in total. The zero-order chi connectivity index (χ0) is 20.1. The van der Waals surface area contributed by atoms with Crippen molar-refractivity contribution in [2.75, 3.05) is 13.7 Å². The molecule has 0 amide bonds. The largest absolute Gasteiger partial charge is 0.383 e. The lowest BCUT2D eigenvalue weighted by Gasteiger charge is -2.12. The molecule has 2 aromatic heterocycles. The lowest BCUT2D eigenvalue weighted by molar-refractivity contribution is 0.186. The van der Waals surface area contributed by atoms with Crippen molar-refractivity contribution in [3.8, 4) is 0 Å². The summed E-state index contributed by atoms with van der Waals surface area (Å²) >= 11 is 0. The van der Waals surface area contributed by atoms with Crippen LogP contribution >= 0.6 is 0 Å². The fraction of sp³-hybridized carbons (Fsp3) is 0.421. The minimum Gasteiger partial charge on any atom is -0.383 e. The summed E-state index contributed by atoms with van der Waals surface area (Å²) in [6, 6.07) is 0. The number of aryl methyl sites for hydroxylation is 1. The molecule has 0 fully saturated rings. The van der Waals surface area contributed by atoms with Gasteiger partial charge in [0.25, 0.3) is 5.56 Å². The van der Waals surface area contributed by atoms with Crippen molar-refractivity contribution in [3.05, 3.63) is 62.9 Å². The highest BCUT2D eigenvalue weighted by molar-refractivity contribution is 5.71. The van der Waals surface area contributed by atoms with E-state index in [0.717, 1.165) is 4.57 Å². The Morgan fingerprint density at radius 2 is 2.00 bits per heavy atom. The summed E-state index contributed by atoms with van der Waals surface area (Å²) in [4.78, 5) is 30.0. The minimum atomic E-state index is -0.435. The molecule has 0 aliphatic carbocycles. The van der Waals surface area contributed by atoms with Crippen molar-refractivity contribution < 1.29 is 9.13 Å². The highest BCUT2D eigenvalue weighted by Gasteiger charge is 2.20. The number of imidazole rings is 1. The molecule has 0 bridgehead atoms. The van der Waals surface area contributed by atoms with Crippen molar-refractivity contribution in [2.24, 2.45) is 0 Å². The third-order valence-electron chi connectivity index (χ3n) is 4.39. The number of rotatable bonds is 8. The molecule has 0 aromatic carbocycles. The molecule has 27 heavy (non-hydrogen) atoms. The third kappa shape index (κ3) is 3.85. The van der Waals surface area contributed by atoms with Crippen molar-refractivity contribution in [2.45, 2.75) is 40.4 Å². The van der Waals surface area contributed by atoms with Crippen molar-refractivity contribution in [1.29, 1.82) is 0 Å². The van der Waals surface area contributed by atoms with Gasteiger partial charge in [-0.25, -0.2) is 14.2 Å². The van der Waals surface area contributed by atoms with E-state index in [-0.39, 0.29) is 30.8 Å². The first kappa shape index (κ1) is 20.6. The summed E-state index contributed by atoms with van der Waals surface area (Å²) < 4.78 is 23.6. The average molecular weight is 376 g/mol. The second kappa shape index (κ2) is 8.77. The van der Waals surface area contributed by atoms with Crippen LogP contribution in [0.2, 0.25) is 0 Å². The third-order valence-corrected chi connectivity index (χ3v) is 4.39. The van der Waals surface area contributed by atoms with Crippen LogP contribution in [0.4, 0.5) is 4.39 Å². The number of fused-ring (bicyclic) bond motifs is 1. The Labute approximate surface area is 156 Å². The smallest absolute Gasteiger partial charge is 0.332 e. The normalized spacial score (nSPS) is 12.8. The van der Waals surface area contributed by atoms with Gasteiger partial charge in [0.15, 0.2) is 11.2 Å². The maximum atomic E-state index is 14.3. The van der Waals surface area contributed by atoms with E-state index in [1.54, 1.807) is 31.4 Å². The quantitative estimate of drug-likeness (QED) is 0.663. The van der Waals surface area contributed by atoms with Crippen LogP contribution in [0.3, 0.4) is 0 Å². The Hall–Kier alpha value is -2.74. The van der Waals surface area contributed by atoms with Gasteiger partial charge in [0, 0.05) is 19.2 Å². The van der Waals surface area contributed by atoms with Crippen LogP contribution in [0.15, 0.2) is 45.8 Å². The SMILES string of the molecule is C=C/C=C(F)\C(=C\C)Cn1c(C)nc2c1c(=O)n(CC)c(=O)n2CCOC. The van der Waals surface area contributed by atoms with Crippen LogP contribution in [0, 0.1) is 6.92 Å². The molecule has 0 atom stereocenters. The van der Waals surface area contributed by atoms with Gasteiger partial charge >= 0.3 is 5.69 Å². The average Bonchev–Trinajstić information content (AvgIpc) is 2.96. The maximum Gasteiger partial charge on any atom is 0.332 e. The van der Waals surface area contributed by atoms with Gasteiger partial charge < -0.3 is 9.30 Å². The number of hydrogen-bond acceptors (Lipinski definition) is 4. The van der Waals surface area contributed by atoms with Gasteiger partial charge in [0.05, 0.1) is 19.7 Å². The van der Waals surface area contributed by atoms with E-state index >= 15 is 0 Å². The Morgan fingerprint density at radius 1 is 1.30 bits per heavy atom. The van der Waals surface area contributed by atoms with Gasteiger partial charge in [-0.1, -0.05) is 18.7 Å². The summed E-state index contributed by atoms with van der Waals surface area (Å²) in [5, 5.41) is 0. The summed E-state index contributed by atoms with van der Waals surface area (Å²) in [5.74, 6) is 0.0875. The summed E-state index contributed by atoms with van der Waals surface area (Å²) in [5.41, 5.74) is 0.0917. The van der Waals surface area contributed by atoms with E-state index in [4.69, 9.17) is 4.74 Å². The Morgan fingerprint density at radius 3 is 2.56 bits per heavy atom. The Balaban J connectivity index is 2.77. The van der Waals surface area contributed by atoms with Crippen molar-refractivity contribution in [1.82, 2.24) is 18.7 Å². The molecule has 0 radical (unpaired) electrons. The van der Waals surface area contributed by atoms with E-state index in [0.29, 0.717) is 18.0 Å². The summed E-state index contributed by atoms with van der Waals surface area (Å²) in [7, 11) is 1.54. The van der Waals surface area contributed by atoms with E-state index in [9.17, 15) is 14.0 Å². The van der Waals surface area contributed by atoms with Crippen LogP contribution in [-0.2, 0) is 24.4 Å². The second-order valence-electron chi connectivity index (χ2n) is 5.96. The molecule has 0 unspecified atom stereocenters. The number of allylic oxidation sites excluding steroid dienone is 5. The highest BCUT2D eigenvalue weighted by atomic mass is 19.1. The van der Waals surface area contributed by atoms with Gasteiger partial charge in [-0.2, -0.15) is 0 Å². The van der Waals surface area contributed by atoms with E-state index in [1.807, 2.05) is 0 Å². The number of methoxy groups -OCH3 is 1. The number of halogens is 1. The Bertz CT molecular complexity index is 1020. The topological polar surface area (TPSA) is 71.0 Å². The van der Waals surface area contributed by atoms with Crippen LogP contribution in [0.25, 0.3) is 11.2 Å². The number of ether oxygens (including phenoxy) is 1. The van der Waals surface area contributed by atoms with E-state index < -0.39 is 17.1 Å². The predicted octanol–water partition coefficient (Wildman–Crippen LogP) is 2.32. The minimum absolute atomic E-state index is 0.121. The predicted molar refractivity (Wildman–Crippen MR) is 104 cm³/mol. The molecule has 8 heteroatoms. The van der Waals surface area contributed by atoms with Crippen molar-refractivity contribution in [3.63, 3.8) is 0 Å². The van der Waals surface area contributed by atoms with Gasteiger partial charge in [-0.05, 0) is 26.8 Å². The molecule has 146 valence electrons. The molecular weight excluding hydrogens is 351 g/mol. The maximum absolute atomic E-state index is 14.3. The second-order valence-corrected chi connectivity index (χ2v) is 5.96. The highest BCUT2D eigenvalue weighted by Crippen LogP contribution is 2.19. The molecule has 2 aromatic rings. The molecule has 0 saturated carbocycles. The lowest BCUT2D eigenvalue weighted by Crippen LogP contribution is -2.40. The first-order valence-corrected chi connectivity index (χ1v) is 8.74. The van der Waals surface area contributed by atoms with Crippen LogP contribution in [0.1, 0.15) is 19.7 Å². The molecule has 0 aliphatic rings.